The molecule has 1 saturated heterocycles. The fourth-order valence-electron chi connectivity index (χ4n) is 2.81. The van der Waals surface area contributed by atoms with Crippen LogP contribution in [0.1, 0.15) is 17.5 Å². The molecule has 0 aliphatic carbocycles. The highest BCUT2D eigenvalue weighted by atomic mass is 16.5. The minimum absolute atomic E-state index is 0.0715. The van der Waals surface area contributed by atoms with Crippen molar-refractivity contribution in [2.24, 2.45) is 11.0 Å². The maximum Gasteiger partial charge on any atom is 0.245 e. The lowest BCUT2D eigenvalue weighted by atomic mass is 10.1. The van der Waals surface area contributed by atoms with Gasteiger partial charge in [0.25, 0.3) is 0 Å². The van der Waals surface area contributed by atoms with Crippen molar-refractivity contribution in [1.29, 1.82) is 0 Å². The highest BCUT2D eigenvalue weighted by Crippen LogP contribution is 2.26. The molecular weight excluding hydrogens is 330 g/mol. The average molecular weight is 351 g/mol. The second-order valence-corrected chi connectivity index (χ2v) is 6.25. The second-order valence-electron chi connectivity index (χ2n) is 6.25. The molecule has 6 nitrogen and oxygen atoms in total. The third-order valence-corrected chi connectivity index (χ3v) is 4.35. The Morgan fingerprint density at radius 2 is 1.88 bits per heavy atom. The van der Waals surface area contributed by atoms with E-state index in [4.69, 9.17) is 4.74 Å². The minimum Gasteiger partial charge on any atom is -0.497 e. The number of carbonyl (C=O) groups excluding carboxylic acids is 2. The SMILES string of the molecule is COc1ccc(N2C[C@H](C(=O)N/N=C\c3ccc(C)cc3)CC2=O)cc1. The van der Waals surface area contributed by atoms with Crippen molar-refractivity contribution in [2.75, 3.05) is 18.6 Å². The van der Waals surface area contributed by atoms with Crippen molar-refractivity contribution < 1.29 is 14.3 Å². The Bertz CT molecular complexity index is 813. The number of hydrogen-bond donors (Lipinski definition) is 1. The Hall–Kier alpha value is -3.15. The molecule has 1 aliphatic heterocycles. The Kier molecular flexibility index (Phi) is 5.31. The first-order valence-corrected chi connectivity index (χ1v) is 8.41. The molecule has 134 valence electrons. The number of benzene rings is 2. The van der Waals surface area contributed by atoms with Crippen LogP contribution >= 0.6 is 0 Å². The van der Waals surface area contributed by atoms with Gasteiger partial charge in [-0.1, -0.05) is 29.8 Å². The van der Waals surface area contributed by atoms with E-state index in [9.17, 15) is 9.59 Å². The molecule has 26 heavy (non-hydrogen) atoms. The van der Waals surface area contributed by atoms with Crippen molar-refractivity contribution in [3.8, 4) is 5.75 Å². The number of methoxy groups -OCH3 is 1. The second kappa shape index (κ2) is 7.82. The van der Waals surface area contributed by atoms with E-state index in [2.05, 4.69) is 10.5 Å². The molecule has 0 unspecified atom stereocenters. The van der Waals surface area contributed by atoms with Gasteiger partial charge in [0.05, 0.1) is 19.2 Å². The molecule has 0 aromatic heterocycles. The molecule has 0 radical (unpaired) electrons. The molecule has 1 N–H and O–H groups in total. The number of anilines is 1. The standard InChI is InChI=1S/C20H21N3O3/c1-14-3-5-15(6-4-14)12-21-22-20(25)16-11-19(24)23(13-16)17-7-9-18(26-2)10-8-17/h3-10,12,16H,11,13H2,1-2H3,(H,22,25)/b21-12-/t16-/m1/s1. The lowest BCUT2D eigenvalue weighted by Gasteiger charge is -2.16. The fraction of sp³-hybridized carbons (Fsp3) is 0.250. The summed E-state index contributed by atoms with van der Waals surface area (Å²) in [5, 5.41) is 3.99. The molecular formula is C20H21N3O3. The lowest BCUT2D eigenvalue weighted by molar-refractivity contribution is -0.126. The number of hydrazone groups is 1. The van der Waals surface area contributed by atoms with Gasteiger partial charge >= 0.3 is 0 Å². The van der Waals surface area contributed by atoms with Gasteiger partial charge in [0.1, 0.15) is 5.75 Å². The Labute approximate surface area is 152 Å². The molecule has 1 fully saturated rings. The summed E-state index contributed by atoms with van der Waals surface area (Å²) in [6.07, 6.45) is 1.77. The van der Waals surface area contributed by atoms with Crippen molar-refractivity contribution in [1.82, 2.24) is 5.43 Å². The van der Waals surface area contributed by atoms with Crippen LogP contribution in [0.25, 0.3) is 0 Å². The summed E-state index contributed by atoms with van der Waals surface area (Å²) < 4.78 is 5.12. The van der Waals surface area contributed by atoms with Gasteiger partial charge in [0.15, 0.2) is 0 Å². The Morgan fingerprint density at radius 3 is 2.54 bits per heavy atom. The predicted octanol–water partition coefficient (Wildman–Crippen LogP) is 2.51. The van der Waals surface area contributed by atoms with Crippen LogP contribution in [0.15, 0.2) is 53.6 Å². The largest absolute Gasteiger partial charge is 0.497 e. The molecule has 6 heteroatoms. The highest BCUT2D eigenvalue weighted by Gasteiger charge is 2.35. The molecule has 0 spiro atoms. The maximum atomic E-state index is 12.3. The van der Waals surface area contributed by atoms with E-state index in [1.807, 2.05) is 43.3 Å². The number of amides is 2. The van der Waals surface area contributed by atoms with Crippen LogP contribution in [-0.4, -0.2) is 31.7 Å². The van der Waals surface area contributed by atoms with E-state index in [-0.39, 0.29) is 18.2 Å². The third-order valence-electron chi connectivity index (χ3n) is 4.35. The number of rotatable bonds is 5. The number of hydrogen-bond acceptors (Lipinski definition) is 4. The molecule has 3 rings (SSSR count). The van der Waals surface area contributed by atoms with Gasteiger partial charge in [-0.3, -0.25) is 9.59 Å². The zero-order valence-electron chi connectivity index (χ0n) is 14.8. The van der Waals surface area contributed by atoms with Crippen molar-refractivity contribution >= 4 is 23.7 Å². The van der Waals surface area contributed by atoms with Crippen LogP contribution in [0.2, 0.25) is 0 Å². The van der Waals surface area contributed by atoms with Crippen LogP contribution in [0, 0.1) is 12.8 Å². The van der Waals surface area contributed by atoms with Gasteiger partial charge in [-0.15, -0.1) is 0 Å². The Balaban J connectivity index is 1.58. The third kappa shape index (κ3) is 4.08. The topological polar surface area (TPSA) is 71.0 Å². The smallest absolute Gasteiger partial charge is 0.245 e. The van der Waals surface area contributed by atoms with E-state index in [1.54, 1.807) is 30.4 Å². The van der Waals surface area contributed by atoms with Gasteiger partial charge in [0.2, 0.25) is 11.8 Å². The average Bonchev–Trinajstić information content (AvgIpc) is 3.05. The molecule has 1 aliphatic rings. The first-order chi connectivity index (χ1) is 12.6. The number of carbonyl (C=O) groups is 2. The monoisotopic (exact) mass is 351 g/mol. The van der Waals surface area contributed by atoms with Gasteiger partial charge in [0, 0.05) is 18.7 Å². The summed E-state index contributed by atoms with van der Waals surface area (Å²) in [7, 11) is 1.59. The van der Waals surface area contributed by atoms with Crippen molar-refractivity contribution in [3.63, 3.8) is 0 Å². The molecule has 1 heterocycles. The Morgan fingerprint density at radius 1 is 1.19 bits per heavy atom. The number of nitrogens with zero attached hydrogens (tertiary/aromatic N) is 2. The first-order valence-electron chi connectivity index (χ1n) is 8.41. The van der Waals surface area contributed by atoms with E-state index in [0.29, 0.717) is 6.54 Å². The summed E-state index contributed by atoms with van der Waals surface area (Å²) in [6.45, 7) is 2.35. The van der Waals surface area contributed by atoms with Gasteiger partial charge in [-0.25, -0.2) is 5.43 Å². The lowest BCUT2D eigenvalue weighted by Crippen LogP contribution is -2.30. The minimum atomic E-state index is -0.417. The zero-order chi connectivity index (χ0) is 18.5. The van der Waals surface area contributed by atoms with Crippen LogP contribution in [0.5, 0.6) is 5.75 Å². The summed E-state index contributed by atoms with van der Waals surface area (Å²) in [5.41, 5.74) is 5.35. The molecule has 2 aromatic rings. The zero-order valence-corrected chi connectivity index (χ0v) is 14.8. The predicted molar refractivity (Wildman–Crippen MR) is 100 cm³/mol. The summed E-state index contributed by atoms with van der Waals surface area (Å²) in [4.78, 5) is 26.2. The van der Waals surface area contributed by atoms with Crippen molar-refractivity contribution in [2.45, 2.75) is 13.3 Å². The fourth-order valence-corrected chi connectivity index (χ4v) is 2.81. The molecule has 0 saturated carbocycles. The maximum absolute atomic E-state index is 12.3. The first kappa shape index (κ1) is 17.7. The van der Waals surface area contributed by atoms with Gasteiger partial charge < -0.3 is 9.64 Å². The highest BCUT2D eigenvalue weighted by molar-refractivity contribution is 6.00. The quantitative estimate of drug-likeness (QED) is 0.665. The van der Waals surface area contributed by atoms with E-state index in [0.717, 1.165) is 22.6 Å². The van der Waals surface area contributed by atoms with E-state index < -0.39 is 5.92 Å². The number of nitrogens with one attached hydrogen (secondary N) is 1. The summed E-state index contributed by atoms with van der Waals surface area (Å²) >= 11 is 0. The van der Waals surface area contributed by atoms with Crippen LogP contribution < -0.4 is 15.1 Å². The molecule has 1 atom stereocenters. The number of aryl methyl sites for hydroxylation is 1. The van der Waals surface area contributed by atoms with Crippen LogP contribution in [0.4, 0.5) is 5.69 Å². The van der Waals surface area contributed by atoms with Gasteiger partial charge in [-0.2, -0.15) is 5.10 Å². The van der Waals surface area contributed by atoms with Crippen LogP contribution in [0.3, 0.4) is 0 Å². The van der Waals surface area contributed by atoms with Crippen molar-refractivity contribution in [3.05, 3.63) is 59.7 Å². The summed E-state index contributed by atoms with van der Waals surface area (Å²) in [6, 6.07) is 15.0. The molecule has 2 amide bonds. The summed E-state index contributed by atoms with van der Waals surface area (Å²) in [5.74, 6) is -0.0181. The van der Waals surface area contributed by atoms with Crippen LogP contribution in [-0.2, 0) is 9.59 Å². The molecule has 0 bridgehead atoms. The van der Waals surface area contributed by atoms with Gasteiger partial charge in [-0.05, 0) is 36.8 Å². The van der Waals surface area contributed by atoms with E-state index in [1.165, 1.54) is 0 Å². The normalized spacial score (nSPS) is 16.9. The van der Waals surface area contributed by atoms with E-state index >= 15 is 0 Å². The molecule has 2 aromatic carbocycles. The number of ether oxygens (including phenoxy) is 1.